The summed E-state index contributed by atoms with van der Waals surface area (Å²) in [7, 11) is -9.15. The van der Waals surface area contributed by atoms with Gasteiger partial charge in [0.1, 0.15) is 15.5 Å². The zero-order valence-corrected chi connectivity index (χ0v) is 13.8. The van der Waals surface area contributed by atoms with Gasteiger partial charge in [0, 0.05) is 11.8 Å². The van der Waals surface area contributed by atoms with Crippen molar-refractivity contribution in [2.45, 2.75) is 9.79 Å². The molecule has 2 rings (SSSR count). The number of nitro groups is 1. The molecule has 0 fully saturated rings. The minimum atomic E-state index is -4.62. The first kappa shape index (κ1) is 18.6. The van der Waals surface area contributed by atoms with E-state index in [1.807, 2.05) is 0 Å². The number of benzene rings is 2. The Bertz CT molecular complexity index is 1060. The quantitative estimate of drug-likeness (QED) is 0.252. The maximum atomic E-state index is 11.1. The van der Waals surface area contributed by atoms with Crippen LogP contribution in [0.4, 0.5) is 22.7 Å². The highest BCUT2D eigenvalue weighted by molar-refractivity contribution is 7.86. The molecule has 0 heterocycles. The molecule has 0 atom stereocenters. The van der Waals surface area contributed by atoms with Gasteiger partial charge >= 0.3 is 0 Å². The van der Waals surface area contributed by atoms with Gasteiger partial charge in [-0.3, -0.25) is 19.2 Å². The third kappa shape index (κ3) is 4.21. The van der Waals surface area contributed by atoms with E-state index in [1.54, 1.807) is 0 Å². The molecule has 0 radical (unpaired) electrons. The summed E-state index contributed by atoms with van der Waals surface area (Å²) < 4.78 is 62.2. The second-order valence-corrected chi connectivity index (χ2v) is 7.58. The highest BCUT2D eigenvalue weighted by Gasteiger charge is 2.20. The predicted octanol–water partition coefficient (Wildman–Crippen LogP) is 1.41. The van der Waals surface area contributed by atoms with Gasteiger partial charge in [0.15, 0.2) is 0 Å². The third-order valence-electron chi connectivity index (χ3n) is 3.03. The van der Waals surface area contributed by atoms with E-state index in [9.17, 15) is 26.9 Å². The van der Waals surface area contributed by atoms with E-state index in [4.69, 9.17) is 14.8 Å². The number of hydrogen-bond acceptors (Lipinski definition) is 8. The van der Waals surface area contributed by atoms with Gasteiger partial charge in [-0.1, -0.05) is 0 Å². The van der Waals surface area contributed by atoms with Crippen LogP contribution in [-0.4, -0.2) is 30.9 Å². The molecule has 0 saturated heterocycles. The molecule has 13 heteroatoms. The molecular formula is C12H11N3O8S2. The maximum absolute atomic E-state index is 11.1. The molecule has 0 amide bonds. The van der Waals surface area contributed by atoms with Crippen molar-refractivity contribution >= 4 is 43.0 Å². The number of rotatable bonds is 5. The number of hydrogen-bond donors (Lipinski definition) is 4. The van der Waals surface area contributed by atoms with Gasteiger partial charge in [-0.2, -0.15) is 16.8 Å². The third-order valence-corrected chi connectivity index (χ3v) is 4.81. The molecule has 134 valence electrons. The average Bonchev–Trinajstić information content (AvgIpc) is 2.44. The fourth-order valence-corrected chi connectivity index (χ4v) is 3.04. The van der Waals surface area contributed by atoms with Gasteiger partial charge in [-0.25, -0.2) is 0 Å². The fourth-order valence-electron chi connectivity index (χ4n) is 1.95. The summed E-state index contributed by atoms with van der Waals surface area (Å²) in [5.74, 6) is 0. The summed E-state index contributed by atoms with van der Waals surface area (Å²) in [4.78, 5) is 9.03. The van der Waals surface area contributed by atoms with E-state index in [2.05, 4.69) is 5.32 Å². The van der Waals surface area contributed by atoms with Crippen LogP contribution in [0.3, 0.4) is 0 Å². The molecule has 0 aliphatic heterocycles. The summed E-state index contributed by atoms with van der Waals surface area (Å²) in [6.07, 6.45) is 0. The Labute approximate surface area is 141 Å². The van der Waals surface area contributed by atoms with Crippen LogP contribution in [0, 0.1) is 10.1 Å². The molecule has 0 saturated carbocycles. The Kier molecular flexibility index (Phi) is 4.68. The average molecular weight is 389 g/mol. The zero-order valence-electron chi connectivity index (χ0n) is 12.1. The Morgan fingerprint density at radius 3 is 2.12 bits per heavy atom. The minimum Gasteiger partial charge on any atom is -0.398 e. The topological polar surface area (TPSA) is 190 Å². The van der Waals surface area contributed by atoms with E-state index in [-0.39, 0.29) is 17.1 Å². The largest absolute Gasteiger partial charge is 0.398 e. The molecule has 0 unspecified atom stereocenters. The Morgan fingerprint density at radius 1 is 1.00 bits per heavy atom. The number of nitrogen functional groups attached to an aromatic ring is 1. The molecule has 0 aromatic heterocycles. The van der Waals surface area contributed by atoms with Gasteiger partial charge in [0.2, 0.25) is 0 Å². The summed E-state index contributed by atoms with van der Waals surface area (Å²) in [5, 5.41) is 13.7. The van der Waals surface area contributed by atoms with Crippen molar-refractivity contribution in [3.8, 4) is 0 Å². The normalized spacial score (nSPS) is 11.9. The molecule has 0 bridgehead atoms. The lowest BCUT2D eigenvalue weighted by Gasteiger charge is -2.10. The van der Waals surface area contributed by atoms with Gasteiger partial charge in [-0.05, 0) is 30.3 Å². The highest BCUT2D eigenvalue weighted by Crippen LogP contribution is 2.31. The summed E-state index contributed by atoms with van der Waals surface area (Å²) >= 11 is 0. The van der Waals surface area contributed by atoms with Crippen LogP contribution in [-0.2, 0) is 20.2 Å². The molecule has 0 spiro atoms. The number of nitrogens with two attached hydrogens (primary N) is 1. The smallest absolute Gasteiger partial charge is 0.296 e. The van der Waals surface area contributed by atoms with Crippen molar-refractivity contribution < 1.29 is 30.9 Å². The zero-order chi connectivity index (χ0) is 19.0. The summed E-state index contributed by atoms with van der Waals surface area (Å²) in [6, 6.07) is 5.96. The second kappa shape index (κ2) is 6.29. The Morgan fingerprint density at radius 2 is 1.64 bits per heavy atom. The van der Waals surface area contributed by atoms with Gasteiger partial charge in [-0.15, -0.1) is 0 Å². The van der Waals surface area contributed by atoms with Gasteiger partial charge < -0.3 is 11.1 Å². The predicted molar refractivity (Wildman–Crippen MR) is 86.9 cm³/mol. The van der Waals surface area contributed by atoms with Gasteiger partial charge in [0.05, 0.1) is 10.6 Å². The van der Waals surface area contributed by atoms with Crippen LogP contribution in [0.2, 0.25) is 0 Å². The number of nitro benzene ring substituents is 1. The van der Waals surface area contributed by atoms with Crippen LogP contribution < -0.4 is 11.1 Å². The fraction of sp³-hybridized carbons (Fsp3) is 0. The standard InChI is InChI=1S/C12H11N3O8S2/c13-9-5-7(1-4-12(9)25(21,22)23)14-10-3-2-8(24(18,19)20)6-11(10)15(16)17/h1-6,14H,13H2,(H,18,19,20)(H,21,22,23). The summed E-state index contributed by atoms with van der Waals surface area (Å²) in [6.45, 7) is 0. The Hall–Kier alpha value is -2.74. The minimum absolute atomic E-state index is 0.128. The summed E-state index contributed by atoms with van der Waals surface area (Å²) in [5.41, 5.74) is 4.59. The van der Waals surface area contributed by atoms with E-state index >= 15 is 0 Å². The molecule has 11 nitrogen and oxygen atoms in total. The molecule has 2 aromatic rings. The molecule has 0 aliphatic carbocycles. The lowest BCUT2D eigenvalue weighted by molar-refractivity contribution is -0.384. The monoisotopic (exact) mass is 389 g/mol. The van der Waals surface area contributed by atoms with Crippen molar-refractivity contribution in [2.24, 2.45) is 0 Å². The number of nitrogens with one attached hydrogen (secondary N) is 1. The molecule has 0 aliphatic rings. The maximum Gasteiger partial charge on any atom is 0.296 e. The number of anilines is 3. The van der Waals surface area contributed by atoms with E-state index in [1.165, 1.54) is 6.07 Å². The van der Waals surface area contributed by atoms with Crippen LogP contribution >= 0.6 is 0 Å². The lowest BCUT2D eigenvalue weighted by atomic mass is 10.2. The highest BCUT2D eigenvalue weighted by atomic mass is 32.2. The van der Waals surface area contributed by atoms with E-state index in [0.29, 0.717) is 6.07 Å². The van der Waals surface area contributed by atoms with Crippen LogP contribution in [0.25, 0.3) is 0 Å². The molecule has 25 heavy (non-hydrogen) atoms. The second-order valence-electron chi connectivity index (χ2n) is 4.76. The van der Waals surface area contributed by atoms with Crippen molar-refractivity contribution in [1.82, 2.24) is 0 Å². The van der Waals surface area contributed by atoms with Gasteiger partial charge in [0.25, 0.3) is 25.9 Å². The van der Waals surface area contributed by atoms with Crippen LogP contribution in [0.15, 0.2) is 46.2 Å². The van der Waals surface area contributed by atoms with Crippen molar-refractivity contribution in [3.63, 3.8) is 0 Å². The van der Waals surface area contributed by atoms with Crippen LogP contribution in [0.5, 0.6) is 0 Å². The van der Waals surface area contributed by atoms with Crippen molar-refractivity contribution in [2.75, 3.05) is 11.1 Å². The first-order valence-corrected chi connectivity index (χ1v) is 9.17. The molecule has 5 N–H and O–H groups in total. The van der Waals surface area contributed by atoms with E-state index < -0.39 is 40.6 Å². The first-order chi connectivity index (χ1) is 11.4. The van der Waals surface area contributed by atoms with Crippen molar-refractivity contribution in [3.05, 3.63) is 46.5 Å². The Balaban J connectivity index is 2.47. The van der Waals surface area contributed by atoms with Crippen molar-refractivity contribution in [1.29, 1.82) is 0 Å². The van der Waals surface area contributed by atoms with Crippen LogP contribution in [0.1, 0.15) is 0 Å². The number of nitrogens with zero attached hydrogens (tertiary/aromatic N) is 1. The first-order valence-electron chi connectivity index (χ1n) is 6.29. The SMILES string of the molecule is Nc1cc(Nc2ccc(S(=O)(=O)O)cc2[N+](=O)[O-])ccc1S(=O)(=O)O. The molecular weight excluding hydrogens is 378 g/mol. The van der Waals surface area contributed by atoms with E-state index in [0.717, 1.165) is 24.3 Å². The molecule has 2 aromatic carbocycles. The lowest BCUT2D eigenvalue weighted by Crippen LogP contribution is -2.05.